The zero-order valence-corrected chi connectivity index (χ0v) is 11.6. The predicted molar refractivity (Wildman–Crippen MR) is 77.5 cm³/mol. The maximum atomic E-state index is 6.09. The molecule has 0 aliphatic rings. The molecule has 0 bridgehead atoms. The van der Waals surface area contributed by atoms with Gasteiger partial charge in [-0.1, -0.05) is 35.4 Å². The van der Waals surface area contributed by atoms with Gasteiger partial charge in [0.2, 0.25) is 5.28 Å². The van der Waals surface area contributed by atoms with Gasteiger partial charge in [-0.2, -0.15) is 0 Å². The summed E-state index contributed by atoms with van der Waals surface area (Å²) in [6, 6.07) is 9.83. The Balaban J connectivity index is 2.36. The number of fused-ring (bicyclic) bond motifs is 1. The Morgan fingerprint density at radius 3 is 2.68 bits per heavy atom. The van der Waals surface area contributed by atoms with Crippen molar-refractivity contribution in [3.8, 4) is 11.3 Å². The van der Waals surface area contributed by atoms with Crippen LogP contribution in [0.3, 0.4) is 0 Å². The third-order valence-corrected chi connectivity index (χ3v) is 3.29. The first-order chi connectivity index (χ1) is 9.15. The Morgan fingerprint density at radius 1 is 1.05 bits per heavy atom. The third kappa shape index (κ3) is 2.27. The van der Waals surface area contributed by atoms with Crippen LogP contribution in [0.1, 0.15) is 5.56 Å². The van der Waals surface area contributed by atoms with E-state index in [2.05, 4.69) is 15.0 Å². The fraction of sp³-hybridized carbons (Fsp3) is 0.0714. The zero-order chi connectivity index (χ0) is 13.4. The van der Waals surface area contributed by atoms with Gasteiger partial charge in [0.15, 0.2) is 0 Å². The quantitative estimate of drug-likeness (QED) is 0.495. The Morgan fingerprint density at radius 2 is 1.89 bits per heavy atom. The zero-order valence-electron chi connectivity index (χ0n) is 10.1. The molecule has 3 nitrogen and oxygen atoms in total. The molecule has 0 radical (unpaired) electrons. The second-order valence-electron chi connectivity index (χ2n) is 4.21. The molecule has 0 aliphatic carbocycles. The fourth-order valence-corrected chi connectivity index (χ4v) is 2.44. The van der Waals surface area contributed by atoms with E-state index in [-0.39, 0.29) is 5.28 Å². The van der Waals surface area contributed by atoms with Gasteiger partial charge in [-0.3, -0.25) is 4.98 Å². The maximum absolute atomic E-state index is 6.09. The van der Waals surface area contributed by atoms with Gasteiger partial charge in [0.25, 0.3) is 0 Å². The number of pyridine rings is 1. The Bertz CT molecular complexity index is 772. The van der Waals surface area contributed by atoms with Gasteiger partial charge in [-0.25, -0.2) is 9.97 Å². The number of benzene rings is 1. The molecule has 0 aliphatic heterocycles. The largest absolute Gasteiger partial charge is 0.254 e. The molecule has 0 N–H and O–H groups in total. The van der Waals surface area contributed by atoms with E-state index in [1.807, 2.05) is 31.2 Å². The van der Waals surface area contributed by atoms with Crippen LogP contribution in [0.2, 0.25) is 10.4 Å². The van der Waals surface area contributed by atoms with Crippen LogP contribution in [0.25, 0.3) is 22.2 Å². The normalized spacial score (nSPS) is 10.9. The molecule has 94 valence electrons. The summed E-state index contributed by atoms with van der Waals surface area (Å²) in [5.74, 6) is 0. The van der Waals surface area contributed by atoms with Gasteiger partial charge < -0.3 is 0 Å². The molecular weight excluding hydrogens is 281 g/mol. The van der Waals surface area contributed by atoms with Crippen molar-refractivity contribution in [1.82, 2.24) is 15.0 Å². The van der Waals surface area contributed by atoms with Crippen molar-refractivity contribution in [1.29, 1.82) is 0 Å². The van der Waals surface area contributed by atoms with Crippen LogP contribution in [0, 0.1) is 6.92 Å². The molecule has 5 heteroatoms. The molecule has 0 fully saturated rings. The van der Waals surface area contributed by atoms with E-state index >= 15 is 0 Å². The maximum Gasteiger partial charge on any atom is 0.224 e. The smallest absolute Gasteiger partial charge is 0.224 e. The van der Waals surface area contributed by atoms with E-state index < -0.39 is 0 Å². The highest BCUT2D eigenvalue weighted by Crippen LogP contribution is 2.29. The van der Waals surface area contributed by atoms with Gasteiger partial charge in [0, 0.05) is 17.1 Å². The molecule has 0 amide bonds. The minimum Gasteiger partial charge on any atom is -0.254 e. The van der Waals surface area contributed by atoms with Gasteiger partial charge >= 0.3 is 0 Å². The number of hydrogen-bond acceptors (Lipinski definition) is 3. The van der Waals surface area contributed by atoms with Crippen molar-refractivity contribution in [2.45, 2.75) is 6.92 Å². The van der Waals surface area contributed by atoms with Gasteiger partial charge in [-0.05, 0) is 30.7 Å². The Hall–Kier alpha value is -1.71. The summed E-state index contributed by atoms with van der Waals surface area (Å²) in [6.45, 7) is 2.03. The number of halogens is 2. The van der Waals surface area contributed by atoms with Crippen molar-refractivity contribution in [3.05, 3.63) is 52.5 Å². The SMILES string of the molecule is Cc1cccc(-c2nccc3c(Cl)nc(Cl)nc23)c1. The second kappa shape index (κ2) is 4.76. The highest BCUT2D eigenvalue weighted by molar-refractivity contribution is 6.36. The molecule has 1 aromatic carbocycles. The number of aromatic nitrogens is 3. The van der Waals surface area contributed by atoms with Crippen molar-refractivity contribution < 1.29 is 0 Å². The molecular formula is C14H9Cl2N3. The molecule has 0 saturated heterocycles. The fourth-order valence-electron chi connectivity index (χ4n) is 2.00. The van der Waals surface area contributed by atoms with E-state index in [1.165, 1.54) is 0 Å². The van der Waals surface area contributed by atoms with Crippen LogP contribution < -0.4 is 0 Å². The lowest BCUT2D eigenvalue weighted by Gasteiger charge is -2.07. The topological polar surface area (TPSA) is 38.7 Å². The molecule has 0 spiro atoms. The number of nitrogens with zero attached hydrogens (tertiary/aromatic N) is 3. The highest BCUT2D eigenvalue weighted by Gasteiger charge is 2.11. The van der Waals surface area contributed by atoms with Crippen LogP contribution in [0.5, 0.6) is 0 Å². The van der Waals surface area contributed by atoms with E-state index in [0.29, 0.717) is 10.7 Å². The van der Waals surface area contributed by atoms with Gasteiger partial charge in [-0.15, -0.1) is 0 Å². The molecule has 2 heterocycles. The van der Waals surface area contributed by atoms with E-state index in [0.717, 1.165) is 22.2 Å². The van der Waals surface area contributed by atoms with Crippen LogP contribution in [-0.2, 0) is 0 Å². The van der Waals surface area contributed by atoms with E-state index in [4.69, 9.17) is 23.2 Å². The van der Waals surface area contributed by atoms with Crippen LogP contribution in [0.4, 0.5) is 0 Å². The minimum absolute atomic E-state index is 0.124. The average molecular weight is 290 g/mol. The number of aryl methyl sites for hydroxylation is 1. The summed E-state index contributed by atoms with van der Waals surface area (Å²) >= 11 is 12.0. The van der Waals surface area contributed by atoms with Crippen molar-refractivity contribution >= 4 is 34.1 Å². The van der Waals surface area contributed by atoms with Gasteiger partial charge in [0.1, 0.15) is 10.7 Å². The van der Waals surface area contributed by atoms with E-state index in [1.54, 1.807) is 12.3 Å². The number of hydrogen-bond donors (Lipinski definition) is 0. The first-order valence-corrected chi connectivity index (χ1v) is 6.45. The summed E-state index contributed by atoms with van der Waals surface area (Å²) in [5.41, 5.74) is 3.56. The summed E-state index contributed by atoms with van der Waals surface area (Å²) < 4.78 is 0. The predicted octanol–water partition coefficient (Wildman–Crippen LogP) is 4.31. The number of rotatable bonds is 1. The molecule has 3 aromatic rings. The first kappa shape index (κ1) is 12.3. The van der Waals surface area contributed by atoms with Crippen LogP contribution >= 0.6 is 23.2 Å². The lowest BCUT2D eigenvalue weighted by Crippen LogP contribution is -1.92. The van der Waals surface area contributed by atoms with Crippen LogP contribution in [0.15, 0.2) is 36.5 Å². The molecule has 19 heavy (non-hydrogen) atoms. The monoisotopic (exact) mass is 289 g/mol. The molecule has 2 aromatic heterocycles. The summed E-state index contributed by atoms with van der Waals surface area (Å²) in [5, 5.41) is 1.21. The van der Waals surface area contributed by atoms with Crippen molar-refractivity contribution in [2.75, 3.05) is 0 Å². The van der Waals surface area contributed by atoms with Gasteiger partial charge in [0.05, 0.1) is 5.69 Å². The first-order valence-electron chi connectivity index (χ1n) is 5.70. The van der Waals surface area contributed by atoms with Crippen LogP contribution in [-0.4, -0.2) is 15.0 Å². The highest BCUT2D eigenvalue weighted by atomic mass is 35.5. The average Bonchev–Trinajstić information content (AvgIpc) is 2.38. The second-order valence-corrected chi connectivity index (χ2v) is 4.90. The summed E-state index contributed by atoms with van der Waals surface area (Å²) in [4.78, 5) is 12.6. The standard InChI is InChI=1S/C14H9Cl2N3/c1-8-3-2-4-9(7-8)11-12-10(5-6-17-11)13(15)19-14(16)18-12/h2-7H,1H3. The molecule has 0 unspecified atom stereocenters. The lowest BCUT2D eigenvalue weighted by molar-refractivity contribution is 1.20. The van der Waals surface area contributed by atoms with Crippen molar-refractivity contribution in [3.63, 3.8) is 0 Å². The minimum atomic E-state index is 0.124. The Kier molecular flexibility index (Phi) is 3.09. The Labute approximate surface area is 120 Å². The van der Waals surface area contributed by atoms with E-state index in [9.17, 15) is 0 Å². The molecule has 3 rings (SSSR count). The lowest BCUT2D eigenvalue weighted by atomic mass is 10.1. The molecule has 0 atom stereocenters. The summed E-state index contributed by atoms with van der Waals surface area (Å²) in [6.07, 6.45) is 1.70. The van der Waals surface area contributed by atoms with Crippen molar-refractivity contribution in [2.24, 2.45) is 0 Å². The summed E-state index contributed by atoms with van der Waals surface area (Å²) in [7, 11) is 0. The molecule has 0 saturated carbocycles. The third-order valence-electron chi connectivity index (χ3n) is 2.83.